The van der Waals surface area contributed by atoms with E-state index in [9.17, 15) is 22.8 Å². The molecule has 0 aliphatic carbocycles. The van der Waals surface area contributed by atoms with Crippen LogP contribution in [0, 0.1) is 0 Å². The van der Waals surface area contributed by atoms with Gasteiger partial charge in [-0.2, -0.15) is 13.2 Å². The van der Waals surface area contributed by atoms with E-state index in [1.54, 1.807) is 12.1 Å². The lowest BCUT2D eigenvalue weighted by atomic mass is 10.2. The molecule has 3 aromatic rings. The van der Waals surface area contributed by atoms with Gasteiger partial charge in [-0.25, -0.2) is 0 Å². The zero-order chi connectivity index (χ0) is 22.3. The van der Waals surface area contributed by atoms with Gasteiger partial charge in [0, 0.05) is 17.8 Å². The SMILES string of the molecule is O=C(COc1ccc(C(=O)NCc2ccccc2)cc1)Nc1cccc(C(F)(F)F)c1. The number of benzene rings is 3. The molecule has 0 aromatic heterocycles. The quantitative estimate of drug-likeness (QED) is 0.576. The summed E-state index contributed by atoms with van der Waals surface area (Å²) in [5.41, 5.74) is 0.570. The molecule has 0 unspecified atom stereocenters. The second-order valence-electron chi connectivity index (χ2n) is 6.61. The highest BCUT2D eigenvalue weighted by Gasteiger charge is 2.30. The molecule has 0 aliphatic rings. The Hall–Kier alpha value is -3.81. The van der Waals surface area contributed by atoms with Crippen molar-refractivity contribution >= 4 is 17.5 Å². The number of hydrogen-bond donors (Lipinski definition) is 2. The minimum atomic E-state index is -4.49. The third kappa shape index (κ3) is 6.60. The van der Waals surface area contributed by atoms with Gasteiger partial charge in [-0.15, -0.1) is 0 Å². The summed E-state index contributed by atoms with van der Waals surface area (Å²) < 4.78 is 43.5. The van der Waals surface area contributed by atoms with Crippen molar-refractivity contribution < 1.29 is 27.5 Å². The van der Waals surface area contributed by atoms with Gasteiger partial charge < -0.3 is 15.4 Å². The smallest absolute Gasteiger partial charge is 0.416 e. The highest BCUT2D eigenvalue weighted by atomic mass is 19.4. The third-order valence-electron chi connectivity index (χ3n) is 4.26. The van der Waals surface area contributed by atoms with E-state index in [-0.39, 0.29) is 11.6 Å². The number of carbonyl (C=O) groups excluding carboxylic acids is 2. The first-order valence-electron chi connectivity index (χ1n) is 9.33. The van der Waals surface area contributed by atoms with E-state index in [1.165, 1.54) is 24.3 Å². The van der Waals surface area contributed by atoms with Crippen molar-refractivity contribution in [3.8, 4) is 5.75 Å². The number of carbonyl (C=O) groups is 2. The van der Waals surface area contributed by atoms with Crippen LogP contribution in [0.15, 0.2) is 78.9 Å². The summed E-state index contributed by atoms with van der Waals surface area (Å²) >= 11 is 0. The highest BCUT2D eigenvalue weighted by Crippen LogP contribution is 2.30. The average molecular weight is 428 g/mol. The Labute approximate surface area is 176 Å². The molecule has 0 saturated heterocycles. The summed E-state index contributed by atoms with van der Waals surface area (Å²) in [7, 11) is 0. The second-order valence-corrected chi connectivity index (χ2v) is 6.61. The summed E-state index contributed by atoms with van der Waals surface area (Å²) in [4.78, 5) is 24.2. The monoisotopic (exact) mass is 428 g/mol. The summed E-state index contributed by atoms with van der Waals surface area (Å²) in [6, 6.07) is 20.0. The van der Waals surface area contributed by atoms with Crippen LogP contribution in [0.1, 0.15) is 21.5 Å². The molecule has 0 bridgehead atoms. The number of nitrogens with one attached hydrogen (secondary N) is 2. The van der Waals surface area contributed by atoms with E-state index in [2.05, 4.69) is 10.6 Å². The molecule has 0 fully saturated rings. The number of amides is 2. The van der Waals surface area contributed by atoms with Crippen molar-refractivity contribution in [1.29, 1.82) is 0 Å². The summed E-state index contributed by atoms with van der Waals surface area (Å²) in [6.07, 6.45) is -4.49. The molecule has 0 heterocycles. The van der Waals surface area contributed by atoms with Crippen LogP contribution in [0.25, 0.3) is 0 Å². The van der Waals surface area contributed by atoms with E-state index < -0.39 is 24.3 Å². The molecule has 3 rings (SSSR count). The fourth-order valence-electron chi connectivity index (χ4n) is 2.70. The minimum Gasteiger partial charge on any atom is -0.484 e. The lowest BCUT2D eigenvalue weighted by Crippen LogP contribution is -2.22. The van der Waals surface area contributed by atoms with Gasteiger partial charge in [0.25, 0.3) is 11.8 Å². The molecular weight excluding hydrogens is 409 g/mol. The molecule has 5 nitrogen and oxygen atoms in total. The van der Waals surface area contributed by atoms with Gasteiger partial charge in [-0.1, -0.05) is 36.4 Å². The van der Waals surface area contributed by atoms with E-state index in [4.69, 9.17) is 4.74 Å². The van der Waals surface area contributed by atoms with Gasteiger partial charge in [-0.05, 0) is 48.0 Å². The summed E-state index contributed by atoms with van der Waals surface area (Å²) in [6.45, 7) is 0.00340. The van der Waals surface area contributed by atoms with Crippen LogP contribution in [-0.4, -0.2) is 18.4 Å². The summed E-state index contributed by atoms with van der Waals surface area (Å²) in [5, 5.41) is 5.16. The zero-order valence-electron chi connectivity index (χ0n) is 16.3. The molecule has 0 spiro atoms. The Morgan fingerprint density at radius 2 is 1.58 bits per heavy atom. The van der Waals surface area contributed by atoms with Crippen LogP contribution in [0.2, 0.25) is 0 Å². The molecule has 160 valence electrons. The number of hydrogen-bond acceptors (Lipinski definition) is 3. The molecule has 0 aliphatic heterocycles. The molecule has 2 amide bonds. The Bertz CT molecular complexity index is 1040. The maximum atomic E-state index is 12.7. The first-order valence-corrected chi connectivity index (χ1v) is 9.33. The van der Waals surface area contributed by atoms with Gasteiger partial charge in [-0.3, -0.25) is 9.59 Å². The molecule has 2 N–H and O–H groups in total. The Balaban J connectivity index is 1.48. The van der Waals surface area contributed by atoms with Gasteiger partial charge in [0.15, 0.2) is 6.61 Å². The van der Waals surface area contributed by atoms with Gasteiger partial charge in [0.2, 0.25) is 0 Å². The zero-order valence-corrected chi connectivity index (χ0v) is 16.3. The topological polar surface area (TPSA) is 67.4 Å². The van der Waals surface area contributed by atoms with Crippen LogP contribution < -0.4 is 15.4 Å². The van der Waals surface area contributed by atoms with Crippen molar-refractivity contribution in [2.45, 2.75) is 12.7 Å². The normalized spacial score (nSPS) is 10.9. The number of rotatable bonds is 7. The van der Waals surface area contributed by atoms with Crippen LogP contribution in [0.4, 0.5) is 18.9 Å². The maximum absolute atomic E-state index is 12.7. The molecular formula is C23H19F3N2O3. The fourth-order valence-corrected chi connectivity index (χ4v) is 2.70. The van der Waals surface area contributed by atoms with Crippen LogP contribution in [0.5, 0.6) is 5.75 Å². The lowest BCUT2D eigenvalue weighted by molar-refractivity contribution is -0.137. The van der Waals surface area contributed by atoms with E-state index >= 15 is 0 Å². The van der Waals surface area contributed by atoms with E-state index in [0.717, 1.165) is 17.7 Å². The van der Waals surface area contributed by atoms with E-state index in [0.29, 0.717) is 17.9 Å². The summed E-state index contributed by atoms with van der Waals surface area (Å²) in [5.74, 6) is -0.513. The lowest BCUT2D eigenvalue weighted by Gasteiger charge is -2.11. The highest BCUT2D eigenvalue weighted by molar-refractivity contribution is 5.94. The predicted octanol–water partition coefficient (Wildman–Crippen LogP) is 4.65. The average Bonchev–Trinajstić information content (AvgIpc) is 2.77. The van der Waals surface area contributed by atoms with Crippen molar-refractivity contribution in [2.24, 2.45) is 0 Å². The fraction of sp³-hybridized carbons (Fsp3) is 0.130. The third-order valence-corrected chi connectivity index (χ3v) is 4.26. The first kappa shape index (κ1) is 21.9. The van der Waals surface area contributed by atoms with Crippen molar-refractivity contribution in [3.05, 3.63) is 95.6 Å². The Morgan fingerprint density at radius 1 is 0.871 bits per heavy atom. The largest absolute Gasteiger partial charge is 0.484 e. The van der Waals surface area contributed by atoms with Crippen LogP contribution in [0.3, 0.4) is 0 Å². The molecule has 0 saturated carbocycles. The van der Waals surface area contributed by atoms with E-state index in [1.807, 2.05) is 30.3 Å². The number of anilines is 1. The van der Waals surface area contributed by atoms with Gasteiger partial charge >= 0.3 is 6.18 Å². The van der Waals surface area contributed by atoms with Crippen LogP contribution >= 0.6 is 0 Å². The molecule has 0 radical (unpaired) electrons. The van der Waals surface area contributed by atoms with Gasteiger partial charge in [0.1, 0.15) is 5.75 Å². The minimum absolute atomic E-state index is 0.0221. The second kappa shape index (κ2) is 9.80. The molecule has 3 aromatic carbocycles. The maximum Gasteiger partial charge on any atom is 0.416 e. The van der Waals surface area contributed by atoms with Crippen molar-refractivity contribution in [1.82, 2.24) is 5.32 Å². The Morgan fingerprint density at radius 3 is 2.26 bits per heavy atom. The molecule has 31 heavy (non-hydrogen) atoms. The Kier molecular flexibility index (Phi) is 6.92. The predicted molar refractivity (Wildman–Crippen MR) is 110 cm³/mol. The standard InChI is InChI=1S/C23H19F3N2O3/c24-23(25,26)18-7-4-8-19(13-18)28-21(29)15-31-20-11-9-17(10-12-20)22(30)27-14-16-5-2-1-3-6-16/h1-13H,14-15H2,(H,27,30)(H,28,29). The van der Waals surface area contributed by atoms with Gasteiger partial charge in [0.05, 0.1) is 5.56 Å². The molecule has 8 heteroatoms. The molecule has 0 atom stereocenters. The number of ether oxygens (including phenoxy) is 1. The van der Waals surface area contributed by atoms with Crippen molar-refractivity contribution in [3.63, 3.8) is 0 Å². The van der Waals surface area contributed by atoms with Crippen molar-refractivity contribution in [2.75, 3.05) is 11.9 Å². The first-order chi connectivity index (χ1) is 14.8. The number of alkyl halides is 3. The number of halogens is 3. The van der Waals surface area contributed by atoms with Crippen LogP contribution in [-0.2, 0) is 17.5 Å².